The Bertz CT molecular complexity index is 946. The summed E-state index contributed by atoms with van der Waals surface area (Å²) in [5.74, 6) is -4.64. The molecule has 4 unspecified atom stereocenters. The molecular formula is C24H37N5O8S. The number of phenolic OH excluding ortho intramolecular Hbond substituents is 1. The van der Waals surface area contributed by atoms with E-state index in [0.717, 1.165) is 0 Å². The van der Waals surface area contributed by atoms with E-state index in [1.54, 1.807) is 6.26 Å². The molecule has 0 radical (unpaired) electrons. The summed E-state index contributed by atoms with van der Waals surface area (Å²) in [5, 5.41) is 35.4. The number of nitrogens with one attached hydrogen (secondary N) is 3. The second-order valence-electron chi connectivity index (χ2n) is 8.66. The van der Waals surface area contributed by atoms with Gasteiger partial charge in [0.15, 0.2) is 0 Å². The normalized spacial score (nSPS) is 14.0. The molecular weight excluding hydrogens is 518 g/mol. The lowest BCUT2D eigenvalue weighted by Crippen LogP contribution is -2.57. The van der Waals surface area contributed by atoms with Gasteiger partial charge >= 0.3 is 11.9 Å². The Balaban J connectivity index is 2.96. The van der Waals surface area contributed by atoms with Crippen LogP contribution in [-0.4, -0.2) is 87.7 Å². The van der Waals surface area contributed by atoms with Crippen molar-refractivity contribution >= 4 is 41.4 Å². The zero-order valence-electron chi connectivity index (χ0n) is 21.2. The number of hydrogen-bond acceptors (Lipinski definition) is 9. The summed E-state index contributed by atoms with van der Waals surface area (Å²) in [6, 6.07) is 0.811. The van der Waals surface area contributed by atoms with Crippen molar-refractivity contribution in [2.45, 2.75) is 62.7 Å². The average Bonchev–Trinajstić information content (AvgIpc) is 2.86. The monoisotopic (exact) mass is 555 g/mol. The highest BCUT2D eigenvalue weighted by atomic mass is 32.2. The van der Waals surface area contributed by atoms with Gasteiger partial charge in [-0.05, 0) is 55.5 Å². The first-order valence-corrected chi connectivity index (χ1v) is 13.5. The molecule has 13 nitrogen and oxygen atoms in total. The molecule has 0 aliphatic heterocycles. The highest BCUT2D eigenvalue weighted by Gasteiger charge is 2.31. The Morgan fingerprint density at radius 2 is 1.45 bits per heavy atom. The Hall–Kier alpha value is -3.36. The Morgan fingerprint density at radius 1 is 0.868 bits per heavy atom. The minimum Gasteiger partial charge on any atom is -0.508 e. The van der Waals surface area contributed by atoms with Crippen molar-refractivity contribution in [3.05, 3.63) is 29.8 Å². The van der Waals surface area contributed by atoms with Gasteiger partial charge in [0.05, 0.1) is 12.5 Å². The van der Waals surface area contributed by atoms with E-state index < -0.39 is 60.2 Å². The number of hydrogen-bond donors (Lipinski definition) is 8. The molecule has 0 fully saturated rings. The van der Waals surface area contributed by atoms with Gasteiger partial charge in [0.25, 0.3) is 0 Å². The molecule has 38 heavy (non-hydrogen) atoms. The van der Waals surface area contributed by atoms with E-state index in [1.807, 2.05) is 0 Å². The van der Waals surface area contributed by atoms with Gasteiger partial charge in [0, 0.05) is 6.42 Å². The van der Waals surface area contributed by atoms with Crippen LogP contribution in [0.3, 0.4) is 0 Å². The summed E-state index contributed by atoms with van der Waals surface area (Å²) >= 11 is 1.39. The van der Waals surface area contributed by atoms with Gasteiger partial charge in [0.2, 0.25) is 17.7 Å². The minimum atomic E-state index is -1.50. The van der Waals surface area contributed by atoms with Crippen LogP contribution in [-0.2, 0) is 30.4 Å². The molecule has 1 aromatic rings. The number of amides is 3. The number of benzene rings is 1. The lowest BCUT2D eigenvalue weighted by molar-refractivity contribution is -0.143. The standard InChI is InChI=1S/C24H37N5O8S/c1-38-11-9-17(22(34)29-19(24(36)37)12-14-5-7-15(30)8-6-14)27-23(35)18(13-20(31)32)28-21(33)16(26)4-2-3-10-25/h5-8,16-19,30H,2-4,9-13,25-26H2,1H3,(H,27,35)(H,28,33)(H,29,34)(H,31,32)(H,36,37). The van der Waals surface area contributed by atoms with Crippen LogP contribution < -0.4 is 27.4 Å². The Kier molecular flexibility index (Phi) is 14.8. The molecule has 212 valence electrons. The fraction of sp³-hybridized carbons (Fsp3) is 0.542. The molecule has 0 saturated heterocycles. The van der Waals surface area contributed by atoms with Gasteiger partial charge in [-0.15, -0.1) is 0 Å². The number of nitrogens with two attached hydrogens (primary N) is 2. The summed E-state index contributed by atoms with van der Waals surface area (Å²) in [6.07, 6.45) is 2.59. The number of aliphatic carboxylic acids is 2. The number of unbranched alkanes of at least 4 members (excludes halogenated alkanes) is 1. The maximum atomic E-state index is 13.0. The first-order chi connectivity index (χ1) is 18.0. The number of phenols is 1. The van der Waals surface area contributed by atoms with Gasteiger partial charge in [-0.25, -0.2) is 4.79 Å². The van der Waals surface area contributed by atoms with Crippen LogP contribution in [0.4, 0.5) is 0 Å². The highest BCUT2D eigenvalue weighted by molar-refractivity contribution is 7.98. The summed E-state index contributed by atoms with van der Waals surface area (Å²) in [4.78, 5) is 61.5. The van der Waals surface area contributed by atoms with Crippen LogP contribution in [0.5, 0.6) is 5.75 Å². The maximum Gasteiger partial charge on any atom is 0.326 e. The molecule has 0 spiro atoms. The second-order valence-corrected chi connectivity index (χ2v) is 9.65. The summed E-state index contributed by atoms with van der Waals surface area (Å²) in [6.45, 7) is 0.426. The van der Waals surface area contributed by atoms with E-state index in [-0.39, 0.29) is 18.6 Å². The number of aromatic hydroxyl groups is 1. The van der Waals surface area contributed by atoms with Crippen LogP contribution in [0, 0.1) is 0 Å². The molecule has 0 aliphatic carbocycles. The highest BCUT2D eigenvalue weighted by Crippen LogP contribution is 2.12. The number of rotatable bonds is 18. The van der Waals surface area contributed by atoms with E-state index >= 15 is 0 Å². The molecule has 1 rings (SSSR count). The minimum absolute atomic E-state index is 0.00373. The van der Waals surface area contributed by atoms with Crippen LogP contribution in [0.2, 0.25) is 0 Å². The molecule has 0 aliphatic rings. The lowest BCUT2D eigenvalue weighted by Gasteiger charge is -2.24. The van der Waals surface area contributed by atoms with E-state index in [0.29, 0.717) is 37.1 Å². The van der Waals surface area contributed by atoms with Crippen molar-refractivity contribution in [1.82, 2.24) is 16.0 Å². The number of carboxylic acid groups (broad SMARTS) is 2. The third kappa shape index (κ3) is 12.3. The van der Waals surface area contributed by atoms with Gasteiger partial charge in [-0.1, -0.05) is 18.6 Å². The first kappa shape index (κ1) is 32.7. The zero-order valence-corrected chi connectivity index (χ0v) is 22.0. The van der Waals surface area contributed by atoms with E-state index in [4.69, 9.17) is 11.5 Å². The van der Waals surface area contributed by atoms with Crippen LogP contribution in [0.25, 0.3) is 0 Å². The SMILES string of the molecule is CSCCC(NC(=O)C(CC(=O)O)NC(=O)C(N)CCCCN)C(=O)NC(Cc1ccc(O)cc1)C(=O)O. The van der Waals surface area contributed by atoms with Crippen molar-refractivity contribution in [2.75, 3.05) is 18.6 Å². The third-order valence-corrected chi connectivity index (χ3v) is 6.20. The zero-order chi connectivity index (χ0) is 28.7. The summed E-state index contributed by atoms with van der Waals surface area (Å²) in [5.41, 5.74) is 11.8. The van der Waals surface area contributed by atoms with Crippen molar-refractivity contribution in [3.63, 3.8) is 0 Å². The predicted molar refractivity (Wildman–Crippen MR) is 141 cm³/mol. The molecule has 10 N–H and O–H groups in total. The number of carbonyl (C=O) groups is 5. The van der Waals surface area contributed by atoms with Crippen LogP contribution >= 0.6 is 11.8 Å². The quantitative estimate of drug-likeness (QED) is 0.104. The first-order valence-electron chi connectivity index (χ1n) is 12.1. The third-order valence-electron chi connectivity index (χ3n) is 5.55. The van der Waals surface area contributed by atoms with Crippen molar-refractivity contribution in [3.8, 4) is 5.75 Å². The lowest BCUT2D eigenvalue weighted by atomic mass is 10.0. The van der Waals surface area contributed by atoms with E-state index in [2.05, 4.69) is 16.0 Å². The number of carboxylic acids is 2. The van der Waals surface area contributed by atoms with Crippen LogP contribution in [0.15, 0.2) is 24.3 Å². The molecule has 0 bridgehead atoms. The van der Waals surface area contributed by atoms with Gasteiger partial charge in [-0.3, -0.25) is 19.2 Å². The number of carbonyl (C=O) groups excluding carboxylic acids is 3. The van der Waals surface area contributed by atoms with Crippen molar-refractivity contribution < 1.29 is 39.3 Å². The fourth-order valence-corrected chi connectivity index (χ4v) is 3.89. The van der Waals surface area contributed by atoms with Gasteiger partial charge in [-0.2, -0.15) is 11.8 Å². The fourth-order valence-electron chi connectivity index (χ4n) is 3.42. The average molecular weight is 556 g/mol. The van der Waals surface area contributed by atoms with E-state index in [9.17, 15) is 39.3 Å². The largest absolute Gasteiger partial charge is 0.508 e. The molecule has 1 aromatic carbocycles. The second kappa shape index (κ2) is 17.2. The van der Waals surface area contributed by atoms with Gasteiger partial charge < -0.3 is 42.7 Å². The smallest absolute Gasteiger partial charge is 0.326 e. The van der Waals surface area contributed by atoms with Gasteiger partial charge in [0.1, 0.15) is 23.9 Å². The van der Waals surface area contributed by atoms with Crippen LogP contribution in [0.1, 0.15) is 37.7 Å². The molecule has 0 aromatic heterocycles. The molecule has 4 atom stereocenters. The molecule has 3 amide bonds. The molecule has 0 heterocycles. The van der Waals surface area contributed by atoms with Crippen molar-refractivity contribution in [2.24, 2.45) is 11.5 Å². The topological polar surface area (TPSA) is 234 Å². The molecule has 0 saturated carbocycles. The van der Waals surface area contributed by atoms with Crippen molar-refractivity contribution in [1.29, 1.82) is 0 Å². The molecule has 14 heteroatoms. The van der Waals surface area contributed by atoms with E-state index in [1.165, 1.54) is 36.0 Å². The summed E-state index contributed by atoms with van der Waals surface area (Å²) < 4.78 is 0. The Morgan fingerprint density at radius 3 is 2.00 bits per heavy atom. The predicted octanol–water partition coefficient (Wildman–Crippen LogP) is -0.842. The summed E-state index contributed by atoms with van der Waals surface area (Å²) in [7, 11) is 0. The maximum absolute atomic E-state index is 13.0. The Labute approximate surface area is 225 Å². The number of thioether (sulfide) groups is 1.